The highest BCUT2D eigenvalue weighted by atomic mass is 35.5. The van der Waals surface area contributed by atoms with Gasteiger partial charge in [-0.3, -0.25) is 4.90 Å². The van der Waals surface area contributed by atoms with Crippen molar-refractivity contribution in [1.29, 1.82) is 0 Å². The molecule has 0 aliphatic carbocycles. The van der Waals surface area contributed by atoms with E-state index < -0.39 is 0 Å². The lowest BCUT2D eigenvalue weighted by Gasteiger charge is -2.16. The maximum absolute atomic E-state index is 5.50. The molecule has 104 valence electrons. The van der Waals surface area contributed by atoms with Crippen molar-refractivity contribution in [1.82, 2.24) is 4.90 Å². The van der Waals surface area contributed by atoms with Crippen LogP contribution in [0.15, 0.2) is 18.2 Å². The van der Waals surface area contributed by atoms with Gasteiger partial charge in [-0.2, -0.15) is 0 Å². The first-order valence-electron chi connectivity index (χ1n) is 6.29. The van der Waals surface area contributed by atoms with Gasteiger partial charge < -0.3 is 9.47 Å². The van der Waals surface area contributed by atoms with Gasteiger partial charge in [0.25, 0.3) is 0 Å². The molecule has 3 nitrogen and oxygen atoms in total. The van der Waals surface area contributed by atoms with E-state index in [0.717, 1.165) is 18.0 Å². The minimum atomic E-state index is 0. The summed E-state index contributed by atoms with van der Waals surface area (Å²) in [5.41, 5.74) is 1.24. The molecule has 1 aromatic carbocycles. The third kappa shape index (κ3) is 4.34. The number of benzene rings is 1. The molecule has 0 aromatic heterocycles. The number of nitrogens with zero attached hydrogens (tertiary/aromatic N) is 1. The van der Waals surface area contributed by atoms with Crippen LogP contribution in [-0.4, -0.2) is 31.7 Å². The monoisotopic (exact) mass is 281 g/mol. The van der Waals surface area contributed by atoms with Gasteiger partial charge in [-0.05, 0) is 43.6 Å². The van der Waals surface area contributed by atoms with Crippen molar-refractivity contribution in [3.05, 3.63) is 23.8 Å². The standard InChI is InChI=1S/C15H19NO2.ClH/c1-3-10-18-15-11-13(6-7-14(15)17-2)12-16-8-4-5-9-16;/h1,6-7,11H,4-5,8-10,12H2,2H3;1H. The summed E-state index contributed by atoms with van der Waals surface area (Å²) in [6, 6.07) is 6.05. The van der Waals surface area contributed by atoms with Gasteiger partial charge in [-0.1, -0.05) is 12.0 Å². The van der Waals surface area contributed by atoms with Crippen LogP contribution >= 0.6 is 12.4 Å². The number of rotatable bonds is 5. The van der Waals surface area contributed by atoms with Gasteiger partial charge in [0.2, 0.25) is 0 Å². The predicted octanol–water partition coefficient (Wildman–Crippen LogP) is 2.72. The lowest BCUT2D eigenvalue weighted by Crippen LogP contribution is -2.18. The van der Waals surface area contributed by atoms with Crippen LogP contribution in [0, 0.1) is 12.3 Å². The lowest BCUT2D eigenvalue weighted by atomic mass is 10.2. The first-order valence-corrected chi connectivity index (χ1v) is 6.29. The third-order valence-corrected chi connectivity index (χ3v) is 3.14. The van der Waals surface area contributed by atoms with Gasteiger partial charge in [-0.25, -0.2) is 0 Å². The normalized spacial score (nSPS) is 14.5. The molecule has 0 saturated carbocycles. The van der Waals surface area contributed by atoms with Crippen molar-refractivity contribution in [3.63, 3.8) is 0 Å². The second kappa shape index (κ2) is 7.93. The first kappa shape index (κ1) is 15.7. The molecular weight excluding hydrogens is 262 g/mol. The topological polar surface area (TPSA) is 21.7 Å². The maximum Gasteiger partial charge on any atom is 0.162 e. The molecule has 0 unspecified atom stereocenters. The molecule has 1 saturated heterocycles. The molecule has 19 heavy (non-hydrogen) atoms. The van der Waals surface area contributed by atoms with Gasteiger partial charge in [0.1, 0.15) is 6.61 Å². The third-order valence-electron chi connectivity index (χ3n) is 3.14. The van der Waals surface area contributed by atoms with Crippen LogP contribution in [0.2, 0.25) is 0 Å². The number of ether oxygens (including phenoxy) is 2. The zero-order chi connectivity index (χ0) is 12.8. The van der Waals surface area contributed by atoms with Crippen LogP contribution < -0.4 is 9.47 Å². The molecule has 0 radical (unpaired) electrons. The molecule has 0 atom stereocenters. The zero-order valence-electron chi connectivity index (χ0n) is 11.2. The Labute approximate surface area is 121 Å². The Balaban J connectivity index is 0.00000180. The molecule has 2 rings (SSSR count). The van der Waals surface area contributed by atoms with Gasteiger partial charge in [0, 0.05) is 6.54 Å². The Bertz CT molecular complexity index is 436. The molecule has 0 amide bonds. The summed E-state index contributed by atoms with van der Waals surface area (Å²) in [6.07, 6.45) is 7.82. The van der Waals surface area contributed by atoms with E-state index in [-0.39, 0.29) is 19.0 Å². The summed E-state index contributed by atoms with van der Waals surface area (Å²) < 4.78 is 10.8. The molecule has 0 spiro atoms. The van der Waals surface area contributed by atoms with E-state index in [2.05, 4.69) is 16.9 Å². The summed E-state index contributed by atoms with van der Waals surface area (Å²) in [4.78, 5) is 2.45. The van der Waals surface area contributed by atoms with E-state index in [9.17, 15) is 0 Å². The Morgan fingerprint density at radius 1 is 1.26 bits per heavy atom. The Morgan fingerprint density at radius 2 is 2.00 bits per heavy atom. The quantitative estimate of drug-likeness (QED) is 0.775. The Morgan fingerprint density at radius 3 is 2.63 bits per heavy atom. The molecule has 1 aliphatic heterocycles. The largest absolute Gasteiger partial charge is 0.493 e. The van der Waals surface area contributed by atoms with E-state index in [1.165, 1.54) is 31.5 Å². The first-order chi connectivity index (χ1) is 8.83. The van der Waals surface area contributed by atoms with Crippen molar-refractivity contribution < 1.29 is 9.47 Å². The molecule has 1 aromatic rings. The van der Waals surface area contributed by atoms with E-state index in [1.807, 2.05) is 12.1 Å². The number of methoxy groups -OCH3 is 1. The highest BCUT2D eigenvalue weighted by Crippen LogP contribution is 2.28. The molecule has 0 bridgehead atoms. The van der Waals surface area contributed by atoms with Crippen molar-refractivity contribution in [2.75, 3.05) is 26.8 Å². The SMILES string of the molecule is C#CCOc1cc(CN2CCCC2)ccc1OC.Cl. The van der Waals surface area contributed by atoms with Crippen LogP contribution in [-0.2, 0) is 6.54 Å². The highest BCUT2D eigenvalue weighted by Gasteiger charge is 2.13. The van der Waals surface area contributed by atoms with E-state index in [1.54, 1.807) is 7.11 Å². The second-order valence-corrected chi connectivity index (χ2v) is 4.46. The second-order valence-electron chi connectivity index (χ2n) is 4.46. The molecule has 4 heteroatoms. The summed E-state index contributed by atoms with van der Waals surface area (Å²) in [7, 11) is 1.64. The van der Waals surface area contributed by atoms with Gasteiger partial charge in [0.15, 0.2) is 11.5 Å². The predicted molar refractivity (Wildman–Crippen MR) is 79.1 cm³/mol. The smallest absolute Gasteiger partial charge is 0.162 e. The van der Waals surface area contributed by atoms with Gasteiger partial charge in [0.05, 0.1) is 7.11 Å². The zero-order valence-corrected chi connectivity index (χ0v) is 12.0. The average Bonchev–Trinajstić information content (AvgIpc) is 2.89. The van der Waals surface area contributed by atoms with Crippen LogP contribution in [0.4, 0.5) is 0 Å². The van der Waals surface area contributed by atoms with Crippen molar-refractivity contribution >= 4 is 12.4 Å². The average molecular weight is 282 g/mol. The van der Waals surface area contributed by atoms with Crippen molar-refractivity contribution in [2.24, 2.45) is 0 Å². The number of hydrogen-bond acceptors (Lipinski definition) is 3. The lowest BCUT2D eigenvalue weighted by molar-refractivity contribution is 0.320. The van der Waals surface area contributed by atoms with Gasteiger partial charge in [-0.15, -0.1) is 18.8 Å². The van der Waals surface area contributed by atoms with Crippen LogP contribution in [0.5, 0.6) is 11.5 Å². The van der Waals surface area contributed by atoms with Crippen LogP contribution in [0.1, 0.15) is 18.4 Å². The number of hydrogen-bond donors (Lipinski definition) is 0. The molecule has 0 N–H and O–H groups in total. The summed E-state index contributed by atoms with van der Waals surface area (Å²) in [5.74, 6) is 3.93. The Hall–Kier alpha value is -1.37. The van der Waals surface area contributed by atoms with Crippen LogP contribution in [0.25, 0.3) is 0 Å². The highest BCUT2D eigenvalue weighted by molar-refractivity contribution is 5.85. The summed E-state index contributed by atoms with van der Waals surface area (Å²) in [5, 5.41) is 0. The van der Waals surface area contributed by atoms with Crippen molar-refractivity contribution in [2.45, 2.75) is 19.4 Å². The fraction of sp³-hybridized carbons (Fsp3) is 0.467. The van der Waals surface area contributed by atoms with Crippen molar-refractivity contribution in [3.8, 4) is 23.8 Å². The molecule has 1 heterocycles. The maximum atomic E-state index is 5.50. The summed E-state index contributed by atoms with van der Waals surface area (Å²) >= 11 is 0. The van der Waals surface area contributed by atoms with Crippen LogP contribution in [0.3, 0.4) is 0 Å². The Kier molecular flexibility index (Phi) is 6.55. The number of likely N-dealkylation sites (tertiary alicyclic amines) is 1. The summed E-state index contributed by atoms with van der Waals surface area (Å²) in [6.45, 7) is 3.61. The number of halogens is 1. The molecule has 1 fully saturated rings. The van der Waals surface area contributed by atoms with E-state index in [0.29, 0.717) is 0 Å². The fourth-order valence-corrected chi connectivity index (χ4v) is 2.25. The van der Waals surface area contributed by atoms with Gasteiger partial charge >= 0.3 is 0 Å². The number of terminal acetylenes is 1. The minimum Gasteiger partial charge on any atom is -0.493 e. The molecule has 1 aliphatic rings. The molecular formula is C15H20ClNO2. The minimum absolute atomic E-state index is 0. The van der Waals surface area contributed by atoms with E-state index in [4.69, 9.17) is 15.9 Å². The van der Waals surface area contributed by atoms with E-state index >= 15 is 0 Å². The fourth-order valence-electron chi connectivity index (χ4n) is 2.25.